The molecule has 23 heavy (non-hydrogen) atoms. The fraction of sp³-hybridized carbons (Fsp3) is 0.533. The van der Waals surface area contributed by atoms with Crippen molar-refractivity contribution in [3.63, 3.8) is 0 Å². The number of alkyl carbamates (subject to hydrolysis) is 1. The molecule has 1 heterocycles. The lowest BCUT2D eigenvalue weighted by atomic mass is 10.2. The van der Waals surface area contributed by atoms with Crippen molar-refractivity contribution in [2.24, 2.45) is 0 Å². The molecule has 1 N–H and O–H groups in total. The molecule has 1 aromatic rings. The zero-order valence-electron chi connectivity index (χ0n) is 13.4. The van der Waals surface area contributed by atoms with E-state index in [1.54, 1.807) is 45.0 Å². The van der Waals surface area contributed by atoms with Gasteiger partial charge in [0.15, 0.2) is 0 Å². The second-order valence-corrected chi connectivity index (χ2v) is 9.31. The molecule has 1 aliphatic heterocycles. The topological polar surface area (TPSA) is 75.7 Å². The molecule has 1 unspecified atom stereocenters. The minimum Gasteiger partial charge on any atom is -0.444 e. The van der Waals surface area contributed by atoms with E-state index in [4.69, 9.17) is 4.74 Å². The molecule has 1 fully saturated rings. The van der Waals surface area contributed by atoms with Crippen LogP contribution in [0.25, 0.3) is 0 Å². The zero-order valence-corrected chi connectivity index (χ0v) is 15.8. The summed E-state index contributed by atoms with van der Waals surface area (Å²) in [6.45, 7) is 5.96. The van der Waals surface area contributed by atoms with Crippen LogP contribution in [0.5, 0.6) is 0 Å². The van der Waals surface area contributed by atoms with Crippen LogP contribution < -0.4 is 5.32 Å². The predicted molar refractivity (Wildman–Crippen MR) is 90.7 cm³/mol. The number of hydrogen-bond donors (Lipinski definition) is 1. The Morgan fingerprint density at radius 3 is 2.70 bits per heavy atom. The van der Waals surface area contributed by atoms with Crippen LogP contribution in [0.4, 0.5) is 4.79 Å². The summed E-state index contributed by atoms with van der Waals surface area (Å²) in [5, 5.41) is 2.72. The summed E-state index contributed by atoms with van der Waals surface area (Å²) in [6, 6.07) is 6.35. The minimum absolute atomic E-state index is 0.241. The summed E-state index contributed by atoms with van der Waals surface area (Å²) in [6.07, 6.45) is 0.0381. The van der Waals surface area contributed by atoms with Crippen molar-refractivity contribution in [2.75, 3.05) is 13.1 Å². The van der Waals surface area contributed by atoms with E-state index in [1.165, 1.54) is 4.31 Å². The van der Waals surface area contributed by atoms with Gasteiger partial charge in [0.2, 0.25) is 10.0 Å². The molecule has 1 atom stereocenters. The third-order valence-corrected chi connectivity index (χ3v) is 5.66. The molecule has 0 aromatic heterocycles. The highest BCUT2D eigenvalue weighted by Gasteiger charge is 2.34. The number of nitrogens with zero attached hydrogens (tertiary/aromatic N) is 1. The fourth-order valence-corrected chi connectivity index (χ4v) is 4.41. The number of carbonyl (C=O) groups excluding carboxylic acids is 1. The molecule has 0 spiro atoms. The predicted octanol–water partition coefficient (Wildman–Crippen LogP) is 2.74. The molecule has 8 heteroatoms. The van der Waals surface area contributed by atoms with Crippen LogP contribution >= 0.6 is 15.9 Å². The van der Waals surface area contributed by atoms with Gasteiger partial charge in [-0.25, -0.2) is 13.2 Å². The van der Waals surface area contributed by atoms with E-state index in [2.05, 4.69) is 21.2 Å². The lowest BCUT2D eigenvalue weighted by Gasteiger charge is -2.22. The largest absolute Gasteiger partial charge is 0.444 e. The standard InChI is InChI=1S/C15H21BrN2O4S/c1-15(2,3)22-14(19)17-12-7-8-18(10-12)23(20,21)13-6-4-5-11(16)9-13/h4-6,9,12H,7-8,10H2,1-3H3,(H,17,19). The molecule has 128 valence electrons. The average molecular weight is 405 g/mol. The molecule has 0 radical (unpaired) electrons. The Balaban J connectivity index is 2.01. The first-order valence-corrected chi connectivity index (χ1v) is 9.56. The highest BCUT2D eigenvalue weighted by molar-refractivity contribution is 9.10. The van der Waals surface area contributed by atoms with Crippen molar-refractivity contribution >= 4 is 32.0 Å². The van der Waals surface area contributed by atoms with Crippen LogP contribution in [0.15, 0.2) is 33.6 Å². The molecular formula is C15H21BrN2O4S. The van der Waals surface area contributed by atoms with Gasteiger partial charge in [-0.2, -0.15) is 4.31 Å². The van der Waals surface area contributed by atoms with Gasteiger partial charge < -0.3 is 10.1 Å². The molecule has 0 saturated carbocycles. The molecule has 6 nitrogen and oxygen atoms in total. The van der Waals surface area contributed by atoms with Gasteiger partial charge in [-0.3, -0.25) is 0 Å². The lowest BCUT2D eigenvalue weighted by Crippen LogP contribution is -2.41. The van der Waals surface area contributed by atoms with E-state index < -0.39 is 21.7 Å². The van der Waals surface area contributed by atoms with Gasteiger partial charge >= 0.3 is 6.09 Å². The first-order valence-electron chi connectivity index (χ1n) is 7.33. The summed E-state index contributed by atoms with van der Waals surface area (Å²) in [4.78, 5) is 12.0. The minimum atomic E-state index is -3.55. The van der Waals surface area contributed by atoms with E-state index in [0.717, 1.165) is 0 Å². The van der Waals surface area contributed by atoms with Crippen LogP contribution in [0, 0.1) is 0 Å². The normalized spacial score (nSPS) is 19.6. The van der Waals surface area contributed by atoms with Gasteiger partial charge in [0, 0.05) is 23.6 Å². The van der Waals surface area contributed by atoms with E-state index in [0.29, 0.717) is 17.4 Å². The third kappa shape index (κ3) is 4.92. The Morgan fingerprint density at radius 2 is 2.09 bits per heavy atom. The highest BCUT2D eigenvalue weighted by atomic mass is 79.9. The van der Waals surface area contributed by atoms with E-state index in [-0.39, 0.29) is 17.5 Å². The Bertz CT molecular complexity index is 685. The summed E-state index contributed by atoms with van der Waals surface area (Å²) in [5.74, 6) is 0. The molecule has 1 amide bonds. The highest BCUT2D eigenvalue weighted by Crippen LogP contribution is 2.23. The van der Waals surface area contributed by atoms with Gasteiger partial charge in [0.1, 0.15) is 5.60 Å². The van der Waals surface area contributed by atoms with Crippen LogP contribution in [0.1, 0.15) is 27.2 Å². The third-order valence-electron chi connectivity index (χ3n) is 3.31. The number of ether oxygens (including phenoxy) is 1. The monoisotopic (exact) mass is 404 g/mol. The SMILES string of the molecule is CC(C)(C)OC(=O)NC1CCN(S(=O)(=O)c2cccc(Br)c2)C1. The van der Waals surface area contributed by atoms with E-state index in [1.807, 2.05) is 0 Å². The Kier molecular flexibility index (Phi) is 5.37. The van der Waals surface area contributed by atoms with Gasteiger partial charge in [0.05, 0.1) is 4.90 Å². The van der Waals surface area contributed by atoms with E-state index >= 15 is 0 Å². The summed E-state index contributed by atoms with van der Waals surface area (Å²) in [7, 11) is -3.55. The molecular weight excluding hydrogens is 384 g/mol. The first kappa shape index (κ1) is 18.2. The van der Waals surface area contributed by atoms with Crippen LogP contribution in [0.2, 0.25) is 0 Å². The van der Waals surface area contributed by atoms with Crippen LogP contribution in [0.3, 0.4) is 0 Å². The van der Waals surface area contributed by atoms with Gasteiger partial charge in [0.25, 0.3) is 0 Å². The summed E-state index contributed by atoms with van der Waals surface area (Å²) >= 11 is 3.28. The Labute approximate surface area is 145 Å². The van der Waals surface area contributed by atoms with Gasteiger partial charge in [-0.15, -0.1) is 0 Å². The van der Waals surface area contributed by atoms with Crippen molar-refractivity contribution in [1.82, 2.24) is 9.62 Å². The van der Waals surface area contributed by atoms with Crippen LogP contribution in [-0.4, -0.2) is 43.5 Å². The first-order chi connectivity index (χ1) is 10.6. The van der Waals surface area contributed by atoms with Gasteiger partial charge in [-0.1, -0.05) is 22.0 Å². The maximum absolute atomic E-state index is 12.6. The van der Waals surface area contributed by atoms with Crippen molar-refractivity contribution in [1.29, 1.82) is 0 Å². The number of carbonyl (C=O) groups is 1. The summed E-state index contributed by atoms with van der Waals surface area (Å²) < 4.78 is 32.5. The molecule has 2 rings (SSSR count). The van der Waals surface area contributed by atoms with Crippen molar-refractivity contribution < 1.29 is 17.9 Å². The van der Waals surface area contributed by atoms with Crippen LogP contribution in [-0.2, 0) is 14.8 Å². The molecule has 1 saturated heterocycles. The number of rotatable bonds is 3. The zero-order chi connectivity index (χ0) is 17.3. The Hall–Kier alpha value is -1.12. The summed E-state index contributed by atoms with van der Waals surface area (Å²) in [5.41, 5.74) is -0.579. The number of nitrogens with one attached hydrogen (secondary N) is 1. The average Bonchev–Trinajstić information content (AvgIpc) is 2.85. The lowest BCUT2D eigenvalue weighted by molar-refractivity contribution is 0.0507. The molecule has 1 aromatic carbocycles. The molecule has 0 aliphatic carbocycles. The number of hydrogen-bond acceptors (Lipinski definition) is 4. The number of amides is 1. The number of halogens is 1. The number of benzene rings is 1. The van der Waals surface area contributed by atoms with E-state index in [9.17, 15) is 13.2 Å². The molecule has 0 bridgehead atoms. The van der Waals surface area contributed by atoms with Crippen molar-refractivity contribution in [3.05, 3.63) is 28.7 Å². The fourth-order valence-electron chi connectivity index (χ4n) is 2.32. The maximum Gasteiger partial charge on any atom is 0.407 e. The van der Waals surface area contributed by atoms with Crippen molar-refractivity contribution in [3.8, 4) is 0 Å². The quantitative estimate of drug-likeness (QED) is 0.839. The maximum atomic E-state index is 12.6. The smallest absolute Gasteiger partial charge is 0.407 e. The molecule has 1 aliphatic rings. The number of sulfonamides is 1. The van der Waals surface area contributed by atoms with Gasteiger partial charge in [-0.05, 0) is 45.4 Å². The van der Waals surface area contributed by atoms with Crippen molar-refractivity contribution in [2.45, 2.75) is 43.7 Å². The Morgan fingerprint density at radius 1 is 1.39 bits per heavy atom. The second-order valence-electron chi connectivity index (χ2n) is 6.45. The second kappa shape index (κ2) is 6.78.